The molecular formula is C19H31N3O8S. The molecule has 1 rings (SSSR count). The molecule has 0 aliphatic rings. The van der Waals surface area contributed by atoms with Gasteiger partial charge in [0.25, 0.3) is 0 Å². The van der Waals surface area contributed by atoms with E-state index in [-0.39, 0.29) is 19.6 Å². The van der Waals surface area contributed by atoms with E-state index in [4.69, 9.17) is 15.6 Å². The number of primary amides is 1. The molecule has 0 saturated heterocycles. The zero-order valence-electron chi connectivity index (χ0n) is 17.9. The zero-order chi connectivity index (χ0) is 23.9. The maximum Gasteiger partial charge on any atom is 0.422 e. The highest BCUT2D eigenvalue weighted by molar-refractivity contribution is 7.88. The minimum Gasteiger partial charge on any atom is -0.481 e. The summed E-state index contributed by atoms with van der Waals surface area (Å²) in [5.41, 5.74) is 4.93. The third-order valence-electron chi connectivity index (χ3n) is 3.20. The summed E-state index contributed by atoms with van der Waals surface area (Å²) < 4.78 is 36.2. The zero-order valence-corrected chi connectivity index (χ0v) is 18.7. The summed E-state index contributed by atoms with van der Waals surface area (Å²) in [5.74, 6) is -0.878. The molecule has 176 valence electrons. The van der Waals surface area contributed by atoms with Gasteiger partial charge in [0.2, 0.25) is 0 Å². The molecule has 0 saturated carbocycles. The Labute approximate surface area is 182 Å². The number of carboxylic acid groups (broad SMARTS) is 1. The van der Waals surface area contributed by atoms with Gasteiger partial charge in [0.1, 0.15) is 12.2 Å². The quantitative estimate of drug-likeness (QED) is 0.384. The van der Waals surface area contributed by atoms with Crippen LogP contribution in [-0.2, 0) is 31.1 Å². The maximum absolute atomic E-state index is 11.5. The Balaban J connectivity index is 0.000000683. The van der Waals surface area contributed by atoms with Gasteiger partial charge in [-0.05, 0) is 39.2 Å². The molecule has 0 aromatic heterocycles. The van der Waals surface area contributed by atoms with Gasteiger partial charge in [-0.2, -0.15) is 13.1 Å². The highest BCUT2D eigenvalue weighted by atomic mass is 32.2. The van der Waals surface area contributed by atoms with E-state index in [1.807, 2.05) is 30.3 Å². The summed E-state index contributed by atoms with van der Waals surface area (Å²) in [6.07, 6.45) is -0.173. The van der Waals surface area contributed by atoms with Crippen LogP contribution in [0.25, 0.3) is 0 Å². The van der Waals surface area contributed by atoms with E-state index in [1.54, 1.807) is 25.5 Å². The van der Waals surface area contributed by atoms with E-state index in [9.17, 15) is 22.8 Å². The average molecular weight is 462 g/mol. The number of rotatable bonds is 10. The second-order valence-corrected chi connectivity index (χ2v) is 8.80. The summed E-state index contributed by atoms with van der Waals surface area (Å²) >= 11 is 0. The number of ether oxygens (including phenoxy) is 2. The molecular weight excluding hydrogens is 430 g/mol. The lowest BCUT2D eigenvalue weighted by Crippen LogP contribution is -2.43. The van der Waals surface area contributed by atoms with Crippen LogP contribution in [0.1, 0.15) is 52.0 Å². The van der Waals surface area contributed by atoms with Crippen LogP contribution in [0.5, 0.6) is 0 Å². The van der Waals surface area contributed by atoms with Crippen molar-refractivity contribution in [3.8, 4) is 0 Å². The average Bonchev–Trinajstić information content (AvgIpc) is 2.62. The lowest BCUT2D eigenvalue weighted by molar-refractivity contribution is -0.137. The number of nitrogens with one attached hydrogen (secondary N) is 2. The predicted octanol–water partition coefficient (Wildman–Crippen LogP) is 2.27. The Morgan fingerprint density at radius 3 is 2.19 bits per heavy atom. The van der Waals surface area contributed by atoms with Crippen molar-refractivity contribution in [2.24, 2.45) is 5.73 Å². The second-order valence-electron chi connectivity index (χ2n) is 7.30. The number of carbonyl (C=O) groups is 3. The molecule has 31 heavy (non-hydrogen) atoms. The van der Waals surface area contributed by atoms with Crippen molar-refractivity contribution in [2.75, 3.05) is 6.54 Å². The fraction of sp³-hybridized carbons (Fsp3) is 0.526. The van der Waals surface area contributed by atoms with Crippen LogP contribution in [0.3, 0.4) is 0 Å². The number of aliphatic carboxylic acids is 1. The first-order valence-electron chi connectivity index (χ1n) is 9.49. The van der Waals surface area contributed by atoms with Gasteiger partial charge in [-0.15, -0.1) is 0 Å². The van der Waals surface area contributed by atoms with Crippen LogP contribution in [-0.4, -0.2) is 43.8 Å². The first-order chi connectivity index (χ1) is 14.3. The van der Waals surface area contributed by atoms with E-state index in [2.05, 4.69) is 9.46 Å². The maximum atomic E-state index is 11.5. The monoisotopic (exact) mass is 461 g/mol. The lowest BCUT2D eigenvalue weighted by atomic mass is 10.2. The summed E-state index contributed by atoms with van der Waals surface area (Å²) in [6.45, 7) is 5.23. The molecule has 12 heteroatoms. The number of hydrogen-bond acceptors (Lipinski definition) is 7. The van der Waals surface area contributed by atoms with Crippen LogP contribution in [0, 0.1) is 0 Å². The van der Waals surface area contributed by atoms with Crippen molar-refractivity contribution in [3.05, 3.63) is 35.9 Å². The van der Waals surface area contributed by atoms with E-state index < -0.39 is 34.0 Å². The van der Waals surface area contributed by atoms with Crippen LogP contribution in [0.4, 0.5) is 9.59 Å². The van der Waals surface area contributed by atoms with E-state index >= 15 is 0 Å². The number of amides is 2. The minimum atomic E-state index is -3.95. The Morgan fingerprint density at radius 1 is 1.06 bits per heavy atom. The van der Waals surface area contributed by atoms with Crippen molar-refractivity contribution in [1.29, 1.82) is 0 Å². The van der Waals surface area contributed by atoms with Gasteiger partial charge in [0.15, 0.2) is 0 Å². The van der Waals surface area contributed by atoms with Crippen LogP contribution in [0.15, 0.2) is 30.3 Å². The van der Waals surface area contributed by atoms with Crippen molar-refractivity contribution >= 4 is 28.4 Å². The van der Waals surface area contributed by atoms with Gasteiger partial charge in [-0.25, -0.2) is 14.3 Å². The van der Waals surface area contributed by atoms with Gasteiger partial charge in [-0.1, -0.05) is 36.8 Å². The molecule has 0 aliphatic carbocycles. The van der Waals surface area contributed by atoms with Gasteiger partial charge in [0, 0.05) is 13.0 Å². The smallest absolute Gasteiger partial charge is 0.422 e. The summed E-state index contributed by atoms with van der Waals surface area (Å²) in [6, 6.07) is 9.37. The molecule has 0 bridgehead atoms. The third-order valence-corrected chi connectivity index (χ3v) is 4.22. The van der Waals surface area contributed by atoms with Crippen LogP contribution >= 0.6 is 0 Å². The molecule has 1 aromatic carbocycles. The number of hydrogen-bond donors (Lipinski definition) is 4. The Bertz CT molecular complexity index is 792. The number of nitrogens with two attached hydrogens (primary N) is 1. The van der Waals surface area contributed by atoms with E-state index in [0.717, 1.165) is 5.56 Å². The molecule has 0 atom stereocenters. The number of benzene rings is 1. The fourth-order valence-electron chi connectivity index (χ4n) is 1.96. The summed E-state index contributed by atoms with van der Waals surface area (Å²) in [4.78, 5) is 31.7. The highest BCUT2D eigenvalue weighted by Gasteiger charge is 2.20. The second kappa shape index (κ2) is 14.2. The Hall–Kier alpha value is -2.86. The van der Waals surface area contributed by atoms with Gasteiger partial charge in [0.05, 0.1) is 0 Å². The highest BCUT2D eigenvalue weighted by Crippen LogP contribution is 2.06. The number of unbranched alkanes of at least 4 members (excludes halogenated alkanes) is 2. The lowest BCUT2D eigenvalue weighted by Gasteiger charge is -2.19. The Kier molecular flexibility index (Phi) is 12.9. The van der Waals surface area contributed by atoms with E-state index in [1.165, 1.54) is 0 Å². The van der Waals surface area contributed by atoms with Gasteiger partial charge >= 0.3 is 28.4 Å². The van der Waals surface area contributed by atoms with Crippen molar-refractivity contribution in [2.45, 2.75) is 58.7 Å². The number of carboxylic acids is 1. The van der Waals surface area contributed by atoms with Gasteiger partial charge in [-0.3, -0.25) is 4.79 Å². The first-order valence-corrected chi connectivity index (χ1v) is 11.0. The molecule has 0 radical (unpaired) electrons. The van der Waals surface area contributed by atoms with E-state index in [0.29, 0.717) is 19.3 Å². The SMILES string of the molecule is CC(C)(C)OC(=O)NS(=O)(=O)NCCCCCC(=O)O.NC(=O)OCc1ccccc1. The first kappa shape index (κ1) is 28.1. The standard InChI is InChI=1S/C11H22N2O6S.C8H9NO2/c1-11(2,3)19-10(16)13-20(17,18)12-8-6-4-5-7-9(14)15;9-8(10)11-6-7-4-2-1-3-5-7/h12H,4-8H2,1-3H3,(H,13,16)(H,14,15);1-5H,6H2,(H2,9,10). The fourth-order valence-corrected chi connectivity index (χ4v) is 2.70. The minimum absolute atomic E-state index is 0.0584. The molecule has 0 unspecified atom stereocenters. The number of carbonyl (C=O) groups excluding carboxylic acids is 2. The molecule has 0 heterocycles. The van der Waals surface area contributed by atoms with Crippen molar-refractivity contribution in [1.82, 2.24) is 9.44 Å². The molecule has 0 fully saturated rings. The molecule has 0 spiro atoms. The molecule has 0 aliphatic heterocycles. The molecule has 2 amide bonds. The van der Waals surface area contributed by atoms with Crippen LogP contribution in [0.2, 0.25) is 0 Å². The normalized spacial score (nSPS) is 10.9. The van der Waals surface area contributed by atoms with Crippen molar-refractivity contribution in [3.63, 3.8) is 0 Å². The third kappa shape index (κ3) is 18.9. The predicted molar refractivity (Wildman–Crippen MR) is 113 cm³/mol. The largest absolute Gasteiger partial charge is 0.481 e. The molecule has 1 aromatic rings. The topological polar surface area (TPSA) is 174 Å². The summed E-state index contributed by atoms with van der Waals surface area (Å²) in [5, 5.41) is 8.42. The van der Waals surface area contributed by atoms with Gasteiger partial charge < -0.3 is 20.3 Å². The Morgan fingerprint density at radius 2 is 1.68 bits per heavy atom. The van der Waals surface area contributed by atoms with Crippen LogP contribution < -0.4 is 15.2 Å². The van der Waals surface area contributed by atoms with Crippen molar-refractivity contribution < 1.29 is 37.4 Å². The summed E-state index contributed by atoms with van der Waals surface area (Å²) in [7, 11) is -3.95. The molecule has 11 nitrogen and oxygen atoms in total. The molecule has 5 N–H and O–H groups in total.